The molecule has 1 heterocycles. The van der Waals surface area contributed by atoms with E-state index in [1.54, 1.807) is 30.6 Å². The molecule has 0 spiro atoms. The molecule has 0 aliphatic carbocycles. The molecule has 0 aliphatic rings. The average molecular weight is 306 g/mol. The second kappa shape index (κ2) is 6.16. The number of carbonyl (C=O) groups excluding carboxylic acids is 1. The van der Waals surface area contributed by atoms with Gasteiger partial charge in [0.15, 0.2) is 0 Å². The molecule has 2 aromatic carbocycles. The van der Waals surface area contributed by atoms with E-state index >= 15 is 0 Å². The maximum absolute atomic E-state index is 12.5. The van der Waals surface area contributed by atoms with Gasteiger partial charge in [0, 0.05) is 12.4 Å². The van der Waals surface area contributed by atoms with E-state index in [1.807, 2.05) is 25.1 Å². The molecule has 0 unspecified atom stereocenters. The Kier molecular flexibility index (Phi) is 4.06. The van der Waals surface area contributed by atoms with Crippen molar-refractivity contribution in [1.82, 2.24) is 9.97 Å². The lowest BCUT2D eigenvalue weighted by Gasteiger charge is -2.13. The van der Waals surface area contributed by atoms with Gasteiger partial charge < -0.3 is 4.74 Å². The van der Waals surface area contributed by atoms with Gasteiger partial charge >= 0.3 is 5.97 Å². The van der Waals surface area contributed by atoms with E-state index in [4.69, 9.17) is 4.74 Å². The van der Waals surface area contributed by atoms with Crippen molar-refractivity contribution in [3.05, 3.63) is 65.5 Å². The molecule has 0 bridgehead atoms. The molecule has 116 valence electrons. The van der Waals surface area contributed by atoms with Crippen LogP contribution in [0, 0.1) is 6.92 Å². The number of carbonyl (C=O) groups is 1. The largest absolute Gasteiger partial charge is 0.423 e. The highest BCUT2D eigenvalue weighted by atomic mass is 16.5. The molecule has 0 saturated heterocycles. The van der Waals surface area contributed by atoms with Crippen LogP contribution in [0.15, 0.2) is 48.8 Å². The molecule has 3 aromatic rings. The number of aryl methyl sites for hydroxylation is 1. The molecule has 0 radical (unpaired) electrons. The topological polar surface area (TPSA) is 52.1 Å². The number of nitrogens with zero attached hydrogens (tertiary/aromatic N) is 2. The van der Waals surface area contributed by atoms with Crippen LogP contribution in [0.3, 0.4) is 0 Å². The Morgan fingerprint density at radius 2 is 1.74 bits per heavy atom. The van der Waals surface area contributed by atoms with Gasteiger partial charge in [0.25, 0.3) is 0 Å². The first kappa shape index (κ1) is 15.2. The third-order valence-corrected chi connectivity index (χ3v) is 3.70. The third-order valence-electron chi connectivity index (χ3n) is 3.70. The highest BCUT2D eigenvalue weighted by Crippen LogP contribution is 2.28. The second-order valence-electron chi connectivity index (χ2n) is 5.85. The standard InChI is InChI=1S/C19H18N2O2/c1-12(2)15-6-4-13(3)10-18(15)23-19(22)14-5-7-16-17(11-14)21-9-8-20-16/h4-12H,1-3H3. The molecule has 0 saturated carbocycles. The van der Waals surface area contributed by atoms with Gasteiger partial charge in [-0.25, -0.2) is 4.79 Å². The van der Waals surface area contributed by atoms with Crippen molar-refractivity contribution in [3.8, 4) is 5.75 Å². The van der Waals surface area contributed by atoms with E-state index in [1.165, 1.54) is 0 Å². The Morgan fingerprint density at radius 3 is 2.48 bits per heavy atom. The number of hydrogen-bond donors (Lipinski definition) is 0. The lowest BCUT2D eigenvalue weighted by Crippen LogP contribution is -2.10. The number of fused-ring (bicyclic) bond motifs is 1. The monoisotopic (exact) mass is 306 g/mol. The summed E-state index contributed by atoms with van der Waals surface area (Å²) in [6, 6.07) is 11.1. The number of aromatic nitrogens is 2. The van der Waals surface area contributed by atoms with Crippen LogP contribution in [0.5, 0.6) is 5.75 Å². The second-order valence-corrected chi connectivity index (χ2v) is 5.85. The molecule has 23 heavy (non-hydrogen) atoms. The summed E-state index contributed by atoms with van der Waals surface area (Å²) in [4.78, 5) is 20.9. The summed E-state index contributed by atoms with van der Waals surface area (Å²) in [5.74, 6) is 0.509. The molecule has 3 rings (SSSR count). The summed E-state index contributed by atoms with van der Waals surface area (Å²) in [5, 5.41) is 0. The first-order valence-corrected chi connectivity index (χ1v) is 7.58. The van der Waals surface area contributed by atoms with Crippen LogP contribution in [0.25, 0.3) is 11.0 Å². The third kappa shape index (κ3) is 3.21. The highest BCUT2D eigenvalue weighted by Gasteiger charge is 2.14. The van der Waals surface area contributed by atoms with Crippen molar-refractivity contribution in [1.29, 1.82) is 0 Å². The van der Waals surface area contributed by atoms with E-state index in [2.05, 4.69) is 23.8 Å². The van der Waals surface area contributed by atoms with Crippen LogP contribution in [0.2, 0.25) is 0 Å². The quantitative estimate of drug-likeness (QED) is 0.535. The molecule has 1 aromatic heterocycles. The predicted molar refractivity (Wildman–Crippen MR) is 89.8 cm³/mol. The first-order chi connectivity index (χ1) is 11.0. The van der Waals surface area contributed by atoms with Crippen molar-refractivity contribution in [3.63, 3.8) is 0 Å². The predicted octanol–water partition coefficient (Wildman–Crippen LogP) is 4.28. The zero-order valence-corrected chi connectivity index (χ0v) is 13.4. The van der Waals surface area contributed by atoms with Crippen LogP contribution in [0.4, 0.5) is 0 Å². The summed E-state index contributed by atoms with van der Waals surface area (Å²) in [7, 11) is 0. The molecule has 4 heteroatoms. The Balaban J connectivity index is 1.93. The molecule has 0 atom stereocenters. The van der Waals surface area contributed by atoms with E-state index in [0.717, 1.165) is 16.6 Å². The molecule has 0 N–H and O–H groups in total. The fourth-order valence-electron chi connectivity index (χ4n) is 2.46. The smallest absolute Gasteiger partial charge is 0.343 e. The van der Waals surface area contributed by atoms with Gasteiger partial charge in [-0.05, 0) is 48.2 Å². The number of benzene rings is 2. The fourth-order valence-corrected chi connectivity index (χ4v) is 2.46. The van der Waals surface area contributed by atoms with Gasteiger partial charge in [0.1, 0.15) is 5.75 Å². The average Bonchev–Trinajstić information content (AvgIpc) is 2.54. The van der Waals surface area contributed by atoms with E-state index in [0.29, 0.717) is 16.8 Å². The summed E-state index contributed by atoms with van der Waals surface area (Å²) in [6.07, 6.45) is 3.23. The normalized spacial score (nSPS) is 11.0. The number of esters is 1. The van der Waals surface area contributed by atoms with Gasteiger partial charge in [-0.1, -0.05) is 26.0 Å². The maximum Gasteiger partial charge on any atom is 0.343 e. The molecule has 0 fully saturated rings. The molecule has 0 amide bonds. The van der Waals surface area contributed by atoms with Gasteiger partial charge in [0.05, 0.1) is 16.6 Å². The van der Waals surface area contributed by atoms with Crippen molar-refractivity contribution in [2.75, 3.05) is 0 Å². The van der Waals surface area contributed by atoms with E-state index < -0.39 is 0 Å². The zero-order valence-electron chi connectivity index (χ0n) is 13.4. The van der Waals surface area contributed by atoms with Crippen LogP contribution in [-0.2, 0) is 0 Å². The van der Waals surface area contributed by atoms with E-state index in [9.17, 15) is 4.79 Å². The number of rotatable bonds is 3. The summed E-state index contributed by atoms with van der Waals surface area (Å²) in [6.45, 7) is 6.13. The molecule has 4 nitrogen and oxygen atoms in total. The van der Waals surface area contributed by atoms with Crippen LogP contribution in [0.1, 0.15) is 41.3 Å². The first-order valence-electron chi connectivity index (χ1n) is 7.58. The van der Waals surface area contributed by atoms with Gasteiger partial charge in [-0.2, -0.15) is 0 Å². The summed E-state index contributed by atoms with van der Waals surface area (Å²) in [5.41, 5.74) is 3.97. The molecular formula is C19H18N2O2. The van der Waals surface area contributed by atoms with Crippen molar-refractivity contribution >= 4 is 17.0 Å². The summed E-state index contributed by atoms with van der Waals surface area (Å²) >= 11 is 0. The number of ether oxygens (including phenoxy) is 1. The Labute approximate surface area is 135 Å². The molecular weight excluding hydrogens is 288 g/mol. The lowest BCUT2D eigenvalue weighted by molar-refractivity contribution is 0.0733. The van der Waals surface area contributed by atoms with Gasteiger partial charge in [-0.3, -0.25) is 9.97 Å². The fraction of sp³-hybridized carbons (Fsp3) is 0.211. The lowest BCUT2D eigenvalue weighted by atomic mass is 10.0. The highest BCUT2D eigenvalue weighted by molar-refractivity contribution is 5.94. The van der Waals surface area contributed by atoms with Crippen molar-refractivity contribution in [2.45, 2.75) is 26.7 Å². The van der Waals surface area contributed by atoms with Crippen LogP contribution in [-0.4, -0.2) is 15.9 Å². The van der Waals surface area contributed by atoms with E-state index in [-0.39, 0.29) is 11.9 Å². The zero-order chi connectivity index (χ0) is 16.4. The minimum atomic E-state index is -0.384. The SMILES string of the molecule is Cc1ccc(C(C)C)c(OC(=O)c2ccc3nccnc3c2)c1. The number of hydrogen-bond acceptors (Lipinski definition) is 4. The van der Waals surface area contributed by atoms with Gasteiger partial charge in [0.2, 0.25) is 0 Å². The maximum atomic E-state index is 12.5. The minimum absolute atomic E-state index is 0.279. The van der Waals surface area contributed by atoms with Crippen LogP contribution < -0.4 is 4.74 Å². The Bertz CT molecular complexity index is 872. The van der Waals surface area contributed by atoms with Gasteiger partial charge in [-0.15, -0.1) is 0 Å². The van der Waals surface area contributed by atoms with Crippen molar-refractivity contribution in [2.24, 2.45) is 0 Å². The minimum Gasteiger partial charge on any atom is -0.423 e. The Morgan fingerprint density at radius 1 is 1.00 bits per heavy atom. The Hall–Kier alpha value is -2.75. The molecule has 0 aliphatic heterocycles. The summed E-state index contributed by atoms with van der Waals surface area (Å²) < 4.78 is 5.64. The van der Waals surface area contributed by atoms with Crippen molar-refractivity contribution < 1.29 is 9.53 Å². The van der Waals surface area contributed by atoms with Crippen LogP contribution >= 0.6 is 0 Å².